The average Bonchev–Trinajstić information content (AvgIpc) is 3.34. The second-order valence-electron chi connectivity index (χ2n) is 7.12. The molecule has 0 saturated carbocycles. The molecule has 13 nitrogen and oxygen atoms in total. The van der Waals surface area contributed by atoms with Crippen molar-refractivity contribution in [3.05, 3.63) is 42.0 Å². The topological polar surface area (TPSA) is 216 Å². The Morgan fingerprint density at radius 3 is 2.50 bits per heavy atom. The van der Waals surface area contributed by atoms with E-state index in [1.807, 2.05) is 0 Å². The van der Waals surface area contributed by atoms with Crippen LogP contribution >= 0.6 is 0 Å². The normalized spacial score (nSPS) is 12.0. The summed E-state index contributed by atoms with van der Waals surface area (Å²) in [6, 6.07) is 8.83. The Kier molecular flexibility index (Phi) is 7.73. The van der Waals surface area contributed by atoms with Gasteiger partial charge < -0.3 is 11.1 Å². The number of hydrogen-bond acceptors (Lipinski definition) is 9. The van der Waals surface area contributed by atoms with Crippen LogP contribution in [-0.2, 0) is 20.0 Å². The number of benzene rings is 2. The second kappa shape index (κ2) is 10.4. The number of H-pyrrole nitrogens is 1. The average molecular weight is 509 g/mol. The molecular formula is C19H24N8O5S2. The summed E-state index contributed by atoms with van der Waals surface area (Å²) < 4.78 is 53.5. The Morgan fingerprint density at radius 1 is 1.12 bits per heavy atom. The number of sulfonamides is 2. The first-order chi connectivity index (χ1) is 16.1. The Labute approximate surface area is 196 Å². The van der Waals surface area contributed by atoms with E-state index in [0.717, 1.165) is 6.07 Å². The molecule has 0 spiro atoms. The van der Waals surface area contributed by atoms with Crippen LogP contribution in [0.2, 0.25) is 0 Å². The van der Waals surface area contributed by atoms with Crippen molar-refractivity contribution in [3.63, 3.8) is 0 Å². The van der Waals surface area contributed by atoms with Crippen molar-refractivity contribution >= 4 is 26.0 Å². The van der Waals surface area contributed by atoms with Crippen molar-refractivity contribution in [2.45, 2.75) is 23.1 Å². The molecule has 3 aromatic rings. The zero-order valence-corrected chi connectivity index (χ0v) is 19.8. The molecule has 0 aliphatic rings. The van der Waals surface area contributed by atoms with Gasteiger partial charge in [-0.25, -0.2) is 26.7 Å². The standard InChI is InChI=1S/C19H24N8O5S2/c1-2-9-23-34(31,32)15-7-6-14(12-4-3-5-13(11-12)19(28)22-10-8-20)16(17(15)33(21,29)30)18-24-26-27-25-18/h3-7,11,23H,2,8-10,20H2,1H3,(H,22,28)(H2,21,29,30)(H,24,25,26,27). The predicted octanol–water partition coefficient (Wildman–Crippen LogP) is -0.442. The van der Waals surface area contributed by atoms with Crippen molar-refractivity contribution in [2.24, 2.45) is 10.9 Å². The maximum absolute atomic E-state index is 12.9. The lowest BCUT2D eigenvalue weighted by molar-refractivity contribution is 0.0954. The second-order valence-corrected chi connectivity index (χ2v) is 10.4. The monoisotopic (exact) mass is 508 g/mol. The van der Waals surface area contributed by atoms with Crippen molar-refractivity contribution in [3.8, 4) is 22.5 Å². The van der Waals surface area contributed by atoms with Crippen LogP contribution in [0.5, 0.6) is 0 Å². The van der Waals surface area contributed by atoms with Gasteiger partial charge >= 0.3 is 0 Å². The molecule has 3 rings (SSSR count). The summed E-state index contributed by atoms with van der Waals surface area (Å²) in [5, 5.41) is 21.5. The first kappa shape index (κ1) is 25.4. The lowest BCUT2D eigenvalue weighted by atomic mass is 9.97. The minimum Gasteiger partial charge on any atom is -0.351 e. The number of carbonyl (C=O) groups is 1. The fraction of sp³-hybridized carbons (Fsp3) is 0.263. The van der Waals surface area contributed by atoms with Gasteiger partial charge in [-0.05, 0) is 41.0 Å². The van der Waals surface area contributed by atoms with Gasteiger partial charge in [0.1, 0.15) is 9.79 Å². The van der Waals surface area contributed by atoms with E-state index in [1.54, 1.807) is 25.1 Å². The largest absolute Gasteiger partial charge is 0.351 e. The van der Waals surface area contributed by atoms with E-state index in [9.17, 15) is 21.6 Å². The summed E-state index contributed by atoms with van der Waals surface area (Å²) in [7, 11) is -8.85. The number of aromatic amines is 1. The molecule has 0 aliphatic heterocycles. The zero-order chi connectivity index (χ0) is 24.9. The van der Waals surface area contributed by atoms with Crippen molar-refractivity contribution in [2.75, 3.05) is 19.6 Å². The van der Waals surface area contributed by atoms with E-state index >= 15 is 0 Å². The van der Waals surface area contributed by atoms with Gasteiger partial charge in [-0.2, -0.15) is 5.21 Å². The fourth-order valence-electron chi connectivity index (χ4n) is 3.22. The van der Waals surface area contributed by atoms with Gasteiger partial charge in [-0.1, -0.05) is 25.1 Å². The van der Waals surface area contributed by atoms with Crippen LogP contribution < -0.4 is 20.9 Å². The van der Waals surface area contributed by atoms with Crippen molar-refractivity contribution < 1.29 is 21.6 Å². The van der Waals surface area contributed by atoms with Crippen LogP contribution in [0.15, 0.2) is 46.2 Å². The maximum Gasteiger partial charge on any atom is 0.251 e. The summed E-state index contributed by atoms with van der Waals surface area (Å²) in [6.45, 7) is 2.37. The summed E-state index contributed by atoms with van der Waals surface area (Å²) in [5.74, 6) is -0.576. The highest BCUT2D eigenvalue weighted by Crippen LogP contribution is 2.38. The van der Waals surface area contributed by atoms with E-state index in [2.05, 4.69) is 30.7 Å². The number of hydrogen-bond donors (Lipinski definition) is 5. The van der Waals surface area contributed by atoms with Crippen LogP contribution in [-0.4, -0.2) is 63.0 Å². The number of rotatable bonds is 10. The number of amides is 1. The summed E-state index contributed by atoms with van der Waals surface area (Å²) in [4.78, 5) is 11.2. The number of nitrogens with zero attached hydrogens (tertiary/aromatic N) is 3. The third kappa shape index (κ3) is 5.45. The highest BCUT2D eigenvalue weighted by molar-refractivity contribution is 7.92. The summed E-state index contributed by atoms with van der Waals surface area (Å²) >= 11 is 0. The maximum atomic E-state index is 12.9. The van der Waals surface area contributed by atoms with E-state index < -0.39 is 29.8 Å². The van der Waals surface area contributed by atoms with E-state index in [0.29, 0.717) is 12.0 Å². The van der Waals surface area contributed by atoms with Crippen LogP contribution in [0.25, 0.3) is 22.5 Å². The van der Waals surface area contributed by atoms with E-state index in [-0.39, 0.29) is 48.1 Å². The number of carbonyl (C=O) groups excluding carboxylic acids is 1. The minimum absolute atomic E-state index is 0.0889. The van der Waals surface area contributed by atoms with Crippen LogP contribution in [0.4, 0.5) is 0 Å². The molecule has 1 heterocycles. The van der Waals surface area contributed by atoms with Crippen molar-refractivity contribution in [1.82, 2.24) is 30.7 Å². The SMILES string of the molecule is CCCNS(=O)(=O)c1ccc(-c2cccc(C(=O)NCCN)c2)c(-c2nn[nH]n2)c1S(N)(=O)=O. The van der Waals surface area contributed by atoms with Crippen molar-refractivity contribution in [1.29, 1.82) is 0 Å². The molecule has 1 aromatic heterocycles. The van der Waals surface area contributed by atoms with Gasteiger partial charge in [0.15, 0.2) is 0 Å². The molecule has 0 fully saturated rings. The molecule has 7 N–H and O–H groups in total. The van der Waals surface area contributed by atoms with Crippen LogP contribution in [0, 0.1) is 0 Å². The highest BCUT2D eigenvalue weighted by Gasteiger charge is 2.32. The van der Waals surface area contributed by atoms with Gasteiger partial charge in [-0.3, -0.25) is 4.79 Å². The third-order valence-electron chi connectivity index (χ3n) is 4.67. The molecule has 34 heavy (non-hydrogen) atoms. The Hall–Kier alpha value is -3.24. The number of aromatic nitrogens is 4. The van der Waals surface area contributed by atoms with E-state index in [4.69, 9.17) is 10.9 Å². The molecule has 0 radical (unpaired) electrons. The predicted molar refractivity (Wildman–Crippen MR) is 123 cm³/mol. The fourth-order valence-corrected chi connectivity index (χ4v) is 5.95. The van der Waals surface area contributed by atoms with Gasteiger partial charge in [0.2, 0.25) is 25.9 Å². The summed E-state index contributed by atoms with van der Waals surface area (Å²) in [5.41, 5.74) is 6.16. The third-order valence-corrected chi connectivity index (χ3v) is 7.30. The molecule has 0 saturated heterocycles. The Morgan fingerprint density at radius 2 is 1.88 bits per heavy atom. The minimum atomic E-state index is -4.60. The molecule has 0 unspecified atom stereocenters. The Bertz CT molecular complexity index is 1390. The molecule has 15 heteroatoms. The molecule has 1 amide bonds. The number of primary sulfonamides is 1. The Balaban J connectivity index is 2.32. The van der Waals surface area contributed by atoms with Gasteiger partial charge in [0, 0.05) is 25.2 Å². The summed E-state index contributed by atoms with van der Waals surface area (Å²) in [6.07, 6.45) is 0.485. The van der Waals surface area contributed by atoms with Gasteiger partial charge in [0.05, 0.1) is 5.56 Å². The molecule has 0 atom stereocenters. The van der Waals surface area contributed by atoms with Crippen LogP contribution in [0.3, 0.4) is 0 Å². The molecule has 2 aromatic carbocycles. The van der Waals surface area contributed by atoms with E-state index in [1.165, 1.54) is 12.1 Å². The number of nitrogens with two attached hydrogens (primary N) is 2. The first-order valence-corrected chi connectivity index (χ1v) is 13.1. The molecular weight excluding hydrogens is 484 g/mol. The lowest BCUT2D eigenvalue weighted by Gasteiger charge is -2.17. The molecule has 182 valence electrons. The highest BCUT2D eigenvalue weighted by atomic mass is 32.2. The number of tetrazole rings is 1. The number of nitrogens with one attached hydrogen (secondary N) is 3. The van der Waals surface area contributed by atoms with Crippen LogP contribution in [0.1, 0.15) is 23.7 Å². The van der Waals surface area contributed by atoms with Gasteiger partial charge in [0.25, 0.3) is 5.91 Å². The smallest absolute Gasteiger partial charge is 0.251 e. The molecule has 0 aliphatic carbocycles. The first-order valence-electron chi connectivity index (χ1n) is 10.1. The lowest BCUT2D eigenvalue weighted by Crippen LogP contribution is -2.29. The molecule has 0 bridgehead atoms. The zero-order valence-electron chi connectivity index (χ0n) is 18.1. The van der Waals surface area contributed by atoms with Gasteiger partial charge in [-0.15, -0.1) is 10.2 Å². The quantitative estimate of drug-likeness (QED) is 0.239.